The number of rotatable bonds is 2. The van der Waals surface area contributed by atoms with E-state index in [4.69, 9.17) is 4.74 Å². The molecule has 0 saturated carbocycles. The van der Waals surface area contributed by atoms with E-state index in [1.807, 2.05) is 0 Å². The lowest BCUT2D eigenvalue weighted by Crippen LogP contribution is -2.01. The van der Waals surface area contributed by atoms with E-state index < -0.39 is 0 Å². The zero-order valence-corrected chi connectivity index (χ0v) is 6.78. The average molecular weight is 163 g/mol. The van der Waals surface area contributed by atoms with Gasteiger partial charge in [-0.3, -0.25) is 9.78 Å². The van der Waals surface area contributed by atoms with Crippen LogP contribution in [0.5, 0.6) is 5.75 Å². The van der Waals surface area contributed by atoms with Crippen molar-refractivity contribution in [2.45, 2.75) is 6.92 Å². The van der Waals surface area contributed by atoms with Crippen LogP contribution in [0.25, 0.3) is 6.08 Å². The van der Waals surface area contributed by atoms with Gasteiger partial charge in [-0.25, -0.2) is 0 Å². The number of hydrogen-bond donors (Lipinski definition) is 0. The topological polar surface area (TPSA) is 39.2 Å². The van der Waals surface area contributed by atoms with E-state index in [2.05, 4.69) is 11.6 Å². The van der Waals surface area contributed by atoms with E-state index in [1.165, 1.54) is 13.1 Å². The highest BCUT2D eigenvalue weighted by molar-refractivity contribution is 5.69. The molecule has 0 saturated heterocycles. The Morgan fingerprint density at radius 1 is 1.67 bits per heavy atom. The highest BCUT2D eigenvalue weighted by atomic mass is 16.5. The molecule has 0 unspecified atom stereocenters. The molecule has 0 bridgehead atoms. The van der Waals surface area contributed by atoms with Gasteiger partial charge in [0.15, 0.2) is 0 Å². The first-order valence-corrected chi connectivity index (χ1v) is 3.49. The molecule has 0 aliphatic rings. The first kappa shape index (κ1) is 8.46. The van der Waals surface area contributed by atoms with Crippen LogP contribution in [-0.2, 0) is 4.79 Å². The van der Waals surface area contributed by atoms with Crippen molar-refractivity contribution in [3.63, 3.8) is 0 Å². The molecule has 3 heteroatoms. The van der Waals surface area contributed by atoms with Crippen molar-refractivity contribution in [1.82, 2.24) is 4.98 Å². The number of pyridine rings is 1. The highest BCUT2D eigenvalue weighted by Gasteiger charge is 1.96. The second-order valence-corrected chi connectivity index (χ2v) is 2.22. The molecule has 0 aliphatic carbocycles. The molecule has 1 aromatic rings. The quantitative estimate of drug-likeness (QED) is 0.622. The molecule has 12 heavy (non-hydrogen) atoms. The van der Waals surface area contributed by atoms with Crippen molar-refractivity contribution in [3.05, 3.63) is 30.6 Å². The Morgan fingerprint density at radius 3 is 2.83 bits per heavy atom. The van der Waals surface area contributed by atoms with Gasteiger partial charge in [-0.15, -0.1) is 0 Å². The zero-order chi connectivity index (χ0) is 8.97. The third kappa shape index (κ3) is 2.20. The fourth-order valence-electron chi connectivity index (χ4n) is 0.739. The zero-order valence-electron chi connectivity index (χ0n) is 6.78. The van der Waals surface area contributed by atoms with Gasteiger partial charge < -0.3 is 4.74 Å². The van der Waals surface area contributed by atoms with Crippen LogP contribution in [0.4, 0.5) is 0 Å². The number of nitrogens with zero attached hydrogens (tertiary/aromatic N) is 1. The average Bonchev–Trinajstić information content (AvgIpc) is 2.05. The first-order chi connectivity index (χ1) is 5.72. The van der Waals surface area contributed by atoms with Crippen molar-refractivity contribution in [3.8, 4) is 5.75 Å². The molecule has 3 nitrogen and oxygen atoms in total. The van der Waals surface area contributed by atoms with Crippen LogP contribution in [-0.4, -0.2) is 11.0 Å². The molecule has 1 heterocycles. The van der Waals surface area contributed by atoms with Crippen LogP contribution < -0.4 is 4.74 Å². The second-order valence-electron chi connectivity index (χ2n) is 2.22. The maximum absolute atomic E-state index is 10.5. The predicted octanol–water partition coefficient (Wildman–Crippen LogP) is 1.65. The summed E-state index contributed by atoms with van der Waals surface area (Å²) < 4.78 is 4.78. The van der Waals surface area contributed by atoms with Crippen molar-refractivity contribution in [2.75, 3.05) is 0 Å². The minimum Gasteiger partial charge on any atom is -0.425 e. The monoisotopic (exact) mass is 163 g/mol. The Hall–Kier alpha value is -1.64. The summed E-state index contributed by atoms with van der Waals surface area (Å²) in [5.74, 6) is 0.108. The standard InChI is InChI=1S/C9H9NO2/c1-3-8-4-5-9(6-10-8)12-7(2)11/h3-6H,1H2,2H3. The highest BCUT2D eigenvalue weighted by Crippen LogP contribution is 2.09. The Labute approximate surface area is 70.7 Å². The third-order valence-corrected chi connectivity index (χ3v) is 1.23. The Balaban J connectivity index is 2.77. The van der Waals surface area contributed by atoms with Gasteiger partial charge in [0.1, 0.15) is 5.75 Å². The van der Waals surface area contributed by atoms with Crippen LogP contribution in [0, 0.1) is 0 Å². The summed E-state index contributed by atoms with van der Waals surface area (Å²) in [5, 5.41) is 0. The summed E-state index contributed by atoms with van der Waals surface area (Å²) in [4.78, 5) is 14.5. The van der Waals surface area contributed by atoms with Crippen LogP contribution >= 0.6 is 0 Å². The van der Waals surface area contributed by atoms with Crippen LogP contribution in [0.3, 0.4) is 0 Å². The molecule has 0 N–H and O–H groups in total. The summed E-state index contributed by atoms with van der Waals surface area (Å²) in [6.07, 6.45) is 3.11. The van der Waals surface area contributed by atoms with Gasteiger partial charge in [0.2, 0.25) is 0 Å². The van der Waals surface area contributed by atoms with E-state index >= 15 is 0 Å². The molecule has 0 spiro atoms. The molecule has 0 amide bonds. The Kier molecular flexibility index (Phi) is 2.58. The van der Waals surface area contributed by atoms with Crippen LogP contribution in [0.1, 0.15) is 12.6 Å². The number of carbonyl (C=O) groups excluding carboxylic acids is 1. The van der Waals surface area contributed by atoms with Crippen molar-refractivity contribution in [1.29, 1.82) is 0 Å². The minimum atomic E-state index is -0.344. The first-order valence-electron chi connectivity index (χ1n) is 3.49. The largest absolute Gasteiger partial charge is 0.425 e. The number of carbonyl (C=O) groups is 1. The lowest BCUT2D eigenvalue weighted by molar-refractivity contribution is -0.131. The van der Waals surface area contributed by atoms with E-state index in [0.717, 1.165) is 5.69 Å². The van der Waals surface area contributed by atoms with Gasteiger partial charge in [0.25, 0.3) is 0 Å². The fraction of sp³-hybridized carbons (Fsp3) is 0.111. The van der Waals surface area contributed by atoms with Gasteiger partial charge in [0, 0.05) is 6.92 Å². The summed E-state index contributed by atoms with van der Waals surface area (Å²) in [6.45, 7) is 4.90. The minimum absolute atomic E-state index is 0.344. The SMILES string of the molecule is C=Cc1ccc(OC(C)=O)cn1. The molecule has 0 aromatic carbocycles. The number of esters is 1. The van der Waals surface area contributed by atoms with E-state index in [9.17, 15) is 4.79 Å². The Morgan fingerprint density at radius 2 is 2.42 bits per heavy atom. The molecular formula is C9H9NO2. The summed E-state index contributed by atoms with van der Waals surface area (Å²) in [6, 6.07) is 3.40. The van der Waals surface area contributed by atoms with Gasteiger partial charge in [-0.05, 0) is 18.2 Å². The third-order valence-electron chi connectivity index (χ3n) is 1.23. The van der Waals surface area contributed by atoms with Gasteiger partial charge >= 0.3 is 5.97 Å². The van der Waals surface area contributed by atoms with E-state index in [-0.39, 0.29) is 5.97 Å². The summed E-state index contributed by atoms with van der Waals surface area (Å²) >= 11 is 0. The summed E-state index contributed by atoms with van der Waals surface area (Å²) in [7, 11) is 0. The van der Waals surface area contributed by atoms with Crippen LogP contribution in [0.15, 0.2) is 24.9 Å². The van der Waals surface area contributed by atoms with Crippen molar-refractivity contribution >= 4 is 12.0 Å². The lowest BCUT2D eigenvalue weighted by atomic mass is 10.3. The molecule has 1 rings (SSSR count). The van der Waals surface area contributed by atoms with E-state index in [1.54, 1.807) is 18.2 Å². The van der Waals surface area contributed by atoms with Gasteiger partial charge in [-0.2, -0.15) is 0 Å². The van der Waals surface area contributed by atoms with Gasteiger partial charge in [-0.1, -0.05) is 6.58 Å². The molecule has 1 aromatic heterocycles. The lowest BCUT2D eigenvalue weighted by Gasteiger charge is -1.99. The maximum Gasteiger partial charge on any atom is 0.308 e. The van der Waals surface area contributed by atoms with E-state index in [0.29, 0.717) is 5.75 Å². The van der Waals surface area contributed by atoms with Gasteiger partial charge in [0.05, 0.1) is 11.9 Å². The number of ether oxygens (including phenoxy) is 1. The Bertz CT molecular complexity index is 290. The van der Waals surface area contributed by atoms with Crippen LogP contribution in [0.2, 0.25) is 0 Å². The molecule has 0 aliphatic heterocycles. The number of hydrogen-bond acceptors (Lipinski definition) is 3. The molecule has 62 valence electrons. The summed E-state index contributed by atoms with van der Waals surface area (Å²) in [5.41, 5.74) is 0.755. The smallest absolute Gasteiger partial charge is 0.308 e. The maximum atomic E-state index is 10.5. The normalized spacial score (nSPS) is 9.08. The molecule has 0 atom stereocenters. The molecule has 0 radical (unpaired) electrons. The molecular weight excluding hydrogens is 154 g/mol. The van der Waals surface area contributed by atoms with Crippen molar-refractivity contribution < 1.29 is 9.53 Å². The fourth-order valence-corrected chi connectivity index (χ4v) is 0.739. The molecule has 0 fully saturated rings. The predicted molar refractivity (Wildman–Crippen MR) is 45.6 cm³/mol. The second kappa shape index (κ2) is 3.67. The number of aromatic nitrogens is 1. The van der Waals surface area contributed by atoms with Crippen molar-refractivity contribution in [2.24, 2.45) is 0 Å².